The second-order valence-electron chi connectivity index (χ2n) is 4.54. The lowest BCUT2D eigenvalue weighted by Crippen LogP contribution is -2.04. The molecule has 0 radical (unpaired) electrons. The molecule has 0 saturated carbocycles. The monoisotopic (exact) mass is 267 g/mol. The normalized spacial score (nSPS) is 10.7. The van der Waals surface area contributed by atoms with Gasteiger partial charge in [-0.2, -0.15) is 0 Å². The fourth-order valence-corrected chi connectivity index (χ4v) is 2.17. The number of ether oxygens (including phenoxy) is 1. The van der Waals surface area contributed by atoms with Gasteiger partial charge in [0.2, 0.25) is 0 Å². The molecule has 0 bridgehead atoms. The highest BCUT2D eigenvalue weighted by atomic mass is 16.5. The Labute approximate surface area is 116 Å². The predicted molar refractivity (Wildman–Crippen MR) is 75.5 cm³/mol. The van der Waals surface area contributed by atoms with E-state index in [1.165, 1.54) is 7.11 Å². The van der Waals surface area contributed by atoms with E-state index in [1.807, 2.05) is 31.2 Å². The fraction of sp³-hybridized carbons (Fsp3) is 0.125. The summed E-state index contributed by atoms with van der Waals surface area (Å²) >= 11 is 0. The summed E-state index contributed by atoms with van der Waals surface area (Å²) in [5.41, 5.74) is 2.92. The van der Waals surface area contributed by atoms with Crippen molar-refractivity contribution in [3.05, 3.63) is 53.8 Å². The highest BCUT2D eigenvalue weighted by Crippen LogP contribution is 2.26. The Morgan fingerprint density at radius 1 is 1.25 bits per heavy atom. The van der Waals surface area contributed by atoms with Crippen LogP contribution in [0.2, 0.25) is 0 Å². The van der Waals surface area contributed by atoms with Crippen LogP contribution in [0, 0.1) is 6.92 Å². The Morgan fingerprint density at radius 3 is 2.80 bits per heavy atom. The summed E-state index contributed by atoms with van der Waals surface area (Å²) in [5.74, 6) is 0.244. The zero-order valence-electron chi connectivity index (χ0n) is 11.2. The van der Waals surface area contributed by atoms with Gasteiger partial charge in [0.15, 0.2) is 5.76 Å². The minimum absolute atomic E-state index is 0.379. The quantitative estimate of drug-likeness (QED) is 0.666. The number of hydrogen-bond acceptors (Lipinski definition) is 4. The van der Waals surface area contributed by atoms with Gasteiger partial charge in [-0.3, -0.25) is 0 Å². The zero-order chi connectivity index (χ0) is 14.1. The van der Waals surface area contributed by atoms with Crippen molar-refractivity contribution in [2.45, 2.75) is 6.92 Å². The van der Waals surface area contributed by atoms with Crippen molar-refractivity contribution in [2.24, 2.45) is 0 Å². The lowest BCUT2D eigenvalue weighted by molar-refractivity contribution is 0.0603. The molecule has 0 amide bonds. The van der Waals surface area contributed by atoms with Gasteiger partial charge in [0.05, 0.1) is 24.5 Å². The van der Waals surface area contributed by atoms with Crippen LogP contribution in [0.25, 0.3) is 22.4 Å². The van der Waals surface area contributed by atoms with Gasteiger partial charge < -0.3 is 9.15 Å². The number of carbonyl (C=O) groups is 1. The average molecular weight is 267 g/mol. The van der Waals surface area contributed by atoms with Gasteiger partial charge >= 0.3 is 5.97 Å². The molecular weight excluding hydrogens is 254 g/mol. The number of nitrogens with zero attached hydrogens (tertiary/aromatic N) is 1. The van der Waals surface area contributed by atoms with Crippen LogP contribution < -0.4 is 0 Å². The van der Waals surface area contributed by atoms with Crippen molar-refractivity contribution in [1.29, 1.82) is 0 Å². The van der Waals surface area contributed by atoms with E-state index in [1.54, 1.807) is 18.4 Å². The van der Waals surface area contributed by atoms with Gasteiger partial charge in [0.25, 0.3) is 0 Å². The summed E-state index contributed by atoms with van der Waals surface area (Å²) in [4.78, 5) is 16.5. The molecule has 100 valence electrons. The number of hydrogen-bond donors (Lipinski definition) is 0. The van der Waals surface area contributed by atoms with Crippen LogP contribution in [0.15, 0.2) is 47.1 Å². The number of rotatable bonds is 2. The lowest BCUT2D eigenvalue weighted by Gasteiger charge is -2.07. The van der Waals surface area contributed by atoms with Gasteiger partial charge in [0, 0.05) is 5.39 Å². The molecule has 0 unspecified atom stereocenters. The molecule has 2 aromatic heterocycles. The summed E-state index contributed by atoms with van der Waals surface area (Å²) in [6, 6.07) is 11.1. The third-order valence-electron chi connectivity index (χ3n) is 3.14. The van der Waals surface area contributed by atoms with Crippen LogP contribution in [0.3, 0.4) is 0 Å². The molecule has 0 atom stereocenters. The number of carbonyl (C=O) groups excluding carboxylic acids is 1. The first-order chi connectivity index (χ1) is 9.69. The third-order valence-corrected chi connectivity index (χ3v) is 3.14. The van der Waals surface area contributed by atoms with Crippen LogP contribution in [0.5, 0.6) is 0 Å². The summed E-state index contributed by atoms with van der Waals surface area (Å²) in [5, 5.41) is 0.784. The number of furan rings is 1. The van der Waals surface area contributed by atoms with E-state index >= 15 is 0 Å². The number of aromatic nitrogens is 1. The molecule has 0 fully saturated rings. The molecule has 2 heterocycles. The van der Waals surface area contributed by atoms with Crippen LogP contribution in [-0.2, 0) is 4.74 Å². The lowest BCUT2D eigenvalue weighted by atomic mass is 10.0. The molecule has 1 aromatic carbocycles. The van der Waals surface area contributed by atoms with Gasteiger partial charge in [-0.1, -0.05) is 11.6 Å². The Bertz CT molecular complexity index is 776. The van der Waals surface area contributed by atoms with E-state index in [2.05, 4.69) is 4.98 Å². The number of aryl methyl sites for hydroxylation is 1. The average Bonchev–Trinajstić information content (AvgIpc) is 2.99. The maximum Gasteiger partial charge on any atom is 0.338 e. The largest absolute Gasteiger partial charge is 0.465 e. The Kier molecular flexibility index (Phi) is 2.99. The second-order valence-corrected chi connectivity index (χ2v) is 4.54. The standard InChI is InChI=1S/C16H13NO3/c1-10-5-6-13-11(8-10)12(16(18)19-2)9-14(17-13)15-4-3-7-20-15/h3-9H,1-2H3. The van der Waals surface area contributed by atoms with Crippen molar-refractivity contribution < 1.29 is 13.9 Å². The molecule has 3 rings (SSSR count). The van der Waals surface area contributed by atoms with Crippen LogP contribution in [0.1, 0.15) is 15.9 Å². The van der Waals surface area contributed by atoms with E-state index in [9.17, 15) is 4.79 Å². The van der Waals surface area contributed by atoms with Gasteiger partial charge in [-0.15, -0.1) is 0 Å². The van der Waals surface area contributed by atoms with E-state index in [0.29, 0.717) is 17.0 Å². The SMILES string of the molecule is COC(=O)c1cc(-c2ccco2)nc2ccc(C)cc12. The van der Waals surface area contributed by atoms with Crippen LogP contribution >= 0.6 is 0 Å². The van der Waals surface area contributed by atoms with Crippen molar-refractivity contribution in [2.75, 3.05) is 7.11 Å². The first-order valence-corrected chi connectivity index (χ1v) is 6.22. The Hall–Kier alpha value is -2.62. The first-order valence-electron chi connectivity index (χ1n) is 6.22. The number of pyridine rings is 1. The fourth-order valence-electron chi connectivity index (χ4n) is 2.17. The summed E-state index contributed by atoms with van der Waals surface area (Å²) in [6.07, 6.45) is 1.58. The zero-order valence-corrected chi connectivity index (χ0v) is 11.2. The van der Waals surface area contributed by atoms with Gasteiger partial charge in [0.1, 0.15) is 5.69 Å². The number of fused-ring (bicyclic) bond motifs is 1. The minimum Gasteiger partial charge on any atom is -0.465 e. The molecule has 0 N–H and O–H groups in total. The van der Waals surface area contributed by atoms with Crippen molar-refractivity contribution in [1.82, 2.24) is 4.98 Å². The van der Waals surface area contributed by atoms with Gasteiger partial charge in [-0.05, 0) is 37.3 Å². The van der Waals surface area contributed by atoms with Crippen LogP contribution in [0.4, 0.5) is 0 Å². The molecule has 0 aliphatic carbocycles. The smallest absolute Gasteiger partial charge is 0.338 e. The number of esters is 1. The van der Waals surface area contributed by atoms with E-state index < -0.39 is 0 Å². The topological polar surface area (TPSA) is 52.3 Å². The van der Waals surface area contributed by atoms with Crippen molar-refractivity contribution >= 4 is 16.9 Å². The Morgan fingerprint density at radius 2 is 2.10 bits per heavy atom. The molecule has 4 heteroatoms. The minimum atomic E-state index is -0.379. The van der Waals surface area contributed by atoms with Crippen molar-refractivity contribution in [3.63, 3.8) is 0 Å². The Balaban J connectivity index is 2.31. The van der Waals surface area contributed by atoms with E-state index in [4.69, 9.17) is 9.15 Å². The molecule has 0 aliphatic heterocycles. The maximum atomic E-state index is 12.0. The first kappa shape index (κ1) is 12.4. The van der Waals surface area contributed by atoms with E-state index in [0.717, 1.165) is 16.5 Å². The molecule has 4 nitrogen and oxygen atoms in total. The number of benzene rings is 1. The molecule has 0 aliphatic rings. The summed E-state index contributed by atoms with van der Waals surface area (Å²) in [7, 11) is 1.37. The number of methoxy groups -OCH3 is 1. The maximum absolute atomic E-state index is 12.0. The summed E-state index contributed by atoms with van der Waals surface area (Å²) < 4.78 is 10.2. The molecule has 0 saturated heterocycles. The predicted octanol–water partition coefficient (Wildman–Crippen LogP) is 3.59. The second kappa shape index (κ2) is 4.81. The van der Waals surface area contributed by atoms with Crippen molar-refractivity contribution in [3.8, 4) is 11.5 Å². The molecular formula is C16H13NO3. The molecule has 3 aromatic rings. The summed E-state index contributed by atoms with van der Waals surface area (Å²) in [6.45, 7) is 1.97. The molecule has 20 heavy (non-hydrogen) atoms. The van der Waals surface area contributed by atoms with Crippen LogP contribution in [-0.4, -0.2) is 18.1 Å². The van der Waals surface area contributed by atoms with E-state index in [-0.39, 0.29) is 5.97 Å². The van der Waals surface area contributed by atoms with Gasteiger partial charge in [-0.25, -0.2) is 9.78 Å². The molecule has 0 spiro atoms. The third kappa shape index (κ3) is 2.05. The highest BCUT2D eigenvalue weighted by molar-refractivity contribution is 6.04. The highest BCUT2D eigenvalue weighted by Gasteiger charge is 2.15.